The molecule has 0 unspecified atom stereocenters. The molecule has 4 nitrogen and oxygen atoms in total. The van der Waals surface area contributed by atoms with Gasteiger partial charge >= 0.3 is 5.97 Å². The zero-order valence-electron chi connectivity index (χ0n) is 8.57. The molecule has 1 fully saturated rings. The molecule has 1 aromatic carbocycles. The van der Waals surface area contributed by atoms with E-state index in [2.05, 4.69) is 27.9 Å². The highest BCUT2D eigenvalue weighted by molar-refractivity contribution is 14.1. The van der Waals surface area contributed by atoms with E-state index in [0.717, 1.165) is 28.8 Å². The van der Waals surface area contributed by atoms with E-state index in [0.29, 0.717) is 5.56 Å². The minimum absolute atomic E-state index is 0.268. The summed E-state index contributed by atoms with van der Waals surface area (Å²) in [6.45, 7) is 1.57. The highest BCUT2D eigenvalue weighted by Crippen LogP contribution is 2.21. The van der Waals surface area contributed by atoms with Gasteiger partial charge in [0.15, 0.2) is 0 Å². The van der Waals surface area contributed by atoms with E-state index in [1.807, 2.05) is 0 Å². The van der Waals surface area contributed by atoms with Crippen molar-refractivity contribution in [3.63, 3.8) is 0 Å². The van der Waals surface area contributed by atoms with Crippen molar-refractivity contribution in [2.45, 2.75) is 12.5 Å². The van der Waals surface area contributed by atoms with Gasteiger partial charge in [-0.05, 0) is 47.2 Å². The number of carbonyl (C=O) groups is 1. The largest absolute Gasteiger partial charge is 0.478 e. The van der Waals surface area contributed by atoms with Crippen LogP contribution in [0.2, 0.25) is 0 Å². The number of nitrogens with one attached hydrogen (secondary N) is 1. The Hall–Kier alpha value is -0.820. The first-order valence-electron chi connectivity index (χ1n) is 5.05. The Kier molecular flexibility index (Phi) is 3.65. The number of aromatic carboxylic acids is 1. The second-order valence-corrected chi connectivity index (χ2v) is 4.82. The van der Waals surface area contributed by atoms with E-state index in [1.54, 1.807) is 18.2 Å². The van der Waals surface area contributed by atoms with Crippen molar-refractivity contribution in [1.82, 2.24) is 0 Å². The Morgan fingerprint density at radius 3 is 2.94 bits per heavy atom. The molecule has 0 radical (unpaired) electrons. The Labute approximate surface area is 107 Å². The van der Waals surface area contributed by atoms with Crippen molar-refractivity contribution in [2.75, 3.05) is 18.5 Å². The molecule has 1 aromatic rings. The molecule has 16 heavy (non-hydrogen) atoms. The predicted molar refractivity (Wildman–Crippen MR) is 69.0 cm³/mol. The molecule has 1 aliphatic heterocycles. The molecule has 0 spiro atoms. The summed E-state index contributed by atoms with van der Waals surface area (Å²) in [6.07, 6.45) is 1.34. The minimum Gasteiger partial charge on any atom is -0.478 e. The van der Waals surface area contributed by atoms with E-state index in [4.69, 9.17) is 9.84 Å². The van der Waals surface area contributed by atoms with Crippen LogP contribution in [0.5, 0.6) is 0 Å². The van der Waals surface area contributed by atoms with Crippen LogP contribution < -0.4 is 5.32 Å². The molecule has 5 heteroatoms. The monoisotopic (exact) mass is 333 g/mol. The quantitative estimate of drug-likeness (QED) is 0.830. The van der Waals surface area contributed by atoms with Crippen molar-refractivity contribution >= 4 is 34.2 Å². The highest BCUT2D eigenvalue weighted by atomic mass is 127. The number of carboxylic acid groups (broad SMARTS) is 1. The number of anilines is 1. The van der Waals surface area contributed by atoms with Crippen LogP contribution in [0.3, 0.4) is 0 Å². The first-order valence-corrected chi connectivity index (χ1v) is 6.13. The van der Waals surface area contributed by atoms with E-state index in [-0.39, 0.29) is 6.10 Å². The second kappa shape index (κ2) is 5.01. The summed E-state index contributed by atoms with van der Waals surface area (Å²) in [5.74, 6) is -0.903. The molecule has 0 bridgehead atoms. The number of halogens is 1. The molecule has 0 saturated carbocycles. The smallest absolute Gasteiger partial charge is 0.335 e. The van der Waals surface area contributed by atoms with E-state index < -0.39 is 5.97 Å². The van der Waals surface area contributed by atoms with E-state index in [9.17, 15) is 4.79 Å². The molecule has 0 aliphatic carbocycles. The molecule has 1 heterocycles. The van der Waals surface area contributed by atoms with Crippen LogP contribution in [0.25, 0.3) is 0 Å². The van der Waals surface area contributed by atoms with Gasteiger partial charge in [-0.25, -0.2) is 4.79 Å². The number of benzene rings is 1. The fraction of sp³-hybridized carbons (Fsp3) is 0.364. The van der Waals surface area contributed by atoms with Gasteiger partial charge in [-0.1, -0.05) is 0 Å². The van der Waals surface area contributed by atoms with Gasteiger partial charge in [-0.15, -0.1) is 0 Å². The molecule has 0 amide bonds. The van der Waals surface area contributed by atoms with Gasteiger partial charge in [0, 0.05) is 22.4 Å². The maximum Gasteiger partial charge on any atom is 0.335 e. The van der Waals surface area contributed by atoms with Crippen molar-refractivity contribution in [3.05, 3.63) is 27.3 Å². The number of carboxylic acids is 1. The lowest BCUT2D eigenvalue weighted by molar-refractivity contribution is -0.0410. The number of hydrogen-bond acceptors (Lipinski definition) is 3. The molecule has 86 valence electrons. The van der Waals surface area contributed by atoms with E-state index >= 15 is 0 Å². The average molecular weight is 333 g/mol. The highest BCUT2D eigenvalue weighted by Gasteiger charge is 2.18. The van der Waals surface area contributed by atoms with Gasteiger partial charge in [0.1, 0.15) is 0 Å². The summed E-state index contributed by atoms with van der Waals surface area (Å²) in [4.78, 5) is 10.8. The third-order valence-corrected chi connectivity index (χ3v) is 3.47. The first-order chi connectivity index (χ1) is 7.66. The summed E-state index contributed by atoms with van der Waals surface area (Å²) in [6, 6.07) is 5.06. The molecule has 1 saturated heterocycles. The minimum atomic E-state index is -0.903. The van der Waals surface area contributed by atoms with Gasteiger partial charge in [0.05, 0.1) is 11.7 Å². The zero-order chi connectivity index (χ0) is 11.5. The van der Waals surface area contributed by atoms with Crippen LogP contribution in [0.4, 0.5) is 5.69 Å². The summed E-state index contributed by atoms with van der Waals surface area (Å²) >= 11 is 2.18. The van der Waals surface area contributed by atoms with Gasteiger partial charge in [-0.2, -0.15) is 0 Å². The van der Waals surface area contributed by atoms with Crippen LogP contribution >= 0.6 is 22.6 Å². The first kappa shape index (κ1) is 11.7. The van der Waals surface area contributed by atoms with Gasteiger partial charge in [0.25, 0.3) is 0 Å². The third kappa shape index (κ3) is 2.65. The molecule has 2 rings (SSSR count). The second-order valence-electron chi connectivity index (χ2n) is 3.66. The fourth-order valence-electron chi connectivity index (χ4n) is 1.46. The maximum atomic E-state index is 10.8. The predicted octanol–water partition coefficient (Wildman–Crippen LogP) is 2.19. The lowest BCUT2D eigenvalue weighted by Gasteiger charge is -2.27. The van der Waals surface area contributed by atoms with Crippen LogP contribution in [-0.4, -0.2) is 30.3 Å². The summed E-state index contributed by atoms with van der Waals surface area (Å²) in [7, 11) is 0. The molecular weight excluding hydrogens is 321 g/mol. The van der Waals surface area contributed by atoms with Gasteiger partial charge in [0.2, 0.25) is 0 Å². The number of hydrogen-bond donors (Lipinski definition) is 2. The Morgan fingerprint density at radius 2 is 2.38 bits per heavy atom. The standard InChI is InChI=1S/C11H12INO3/c12-9-2-1-7(11(14)15)5-10(9)13-6-8-3-4-16-8/h1-2,5,8,13H,3-4,6H2,(H,14,15)/t8-/m0/s1. The SMILES string of the molecule is O=C(O)c1ccc(I)c(NC[C@@H]2CCO2)c1. The van der Waals surface area contributed by atoms with E-state index in [1.165, 1.54) is 0 Å². The molecule has 1 atom stereocenters. The Morgan fingerprint density at radius 1 is 1.62 bits per heavy atom. The number of ether oxygens (including phenoxy) is 1. The van der Waals surface area contributed by atoms with Crippen LogP contribution in [0.15, 0.2) is 18.2 Å². The average Bonchev–Trinajstić information content (AvgIpc) is 2.18. The lowest BCUT2D eigenvalue weighted by Crippen LogP contribution is -2.33. The summed E-state index contributed by atoms with van der Waals surface area (Å²) in [5, 5.41) is 12.1. The molecule has 1 aliphatic rings. The van der Waals surface area contributed by atoms with Gasteiger partial charge in [-0.3, -0.25) is 0 Å². The topological polar surface area (TPSA) is 58.6 Å². The summed E-state index contributed by atoms with van der Waals surface area (Å²) < 4.78 is 6.30. The zero-order valence-corrected chi connectivity index (χ0v) is 10.7. The molecule has 0 aromatic heterocycles. The number of rotatable bonds is 4. The summed E-state index contributed by atoms with van der Waals surface area (Å²) in [5.41, 5.74) is 1.16. The lowest BCUT2D eigenvalue weighted by atomic mass is 10.1. The van der Waals surface area contributed by atoms with Crippen LogP contribution in [0.1, 0.15) is 16.8 Å². The Bertz CT molecular complexity index is 404. The molecule has 2 N–H and O–H groups in total. The normalized spacial score (nSPS) is 18.9. The third-order valence-electron chi connectivity index (χ3n) is 2.53. The van der Waals surface area contributed by atoms with Crippen LogP contribution in [-0.2, 0) is 4.74 Å². The van der Waals surface area contributed by atoms with Gasteiger partial charge < -0.3 is 15.2 Å². The Balaban J connectivity index is 2.05. The fourth-order valence-corrected chi connectivity index (χ4v) is 1.99. The van der Waals surface area contributed by atoms with Crippen molar-refractivity contribution in [1.29, 1.82) is 0 Å². The maximum absolute atomic E-state index is 10.8. The molecular formula is C11H12INO3. The van der Waals surface area contributed by atoms with Crippen molar-refractivity contribution in [3.8, 4) is 0 Å². The van der Waals surface area contributed by atoms with Crippen molar-refractivity contribution in [2.24, 2.45) is 0 Å². The van der Waals surface area contributed by atoms with Crippen molar-refractivity contribution < 1.29 is 14.6 Å². The van der Waals surface area contributed by atoms with Crippen LogP contribution in [0, 0.1) is 3.57 Å².